The van der Waals surface area contributed by atoms with Crippen molar-refractivity contribution in [2.24, 2.45) is 0 Å². The fraction of sp³-hybridized carbons (Fsp3) is 0.238. The first-order valence-corrected chi connectivity index (χ1v) is 9.58. The van der Waals surface area contributed by atoms with Crippen molar-refractivity contribution in [3.8, 4) is 0 Å². The molecule has 1 spiro atoms. The molecule has 0 fully saturated rings. The van der Waals surface area contributed by atoms with Gasteiger partial charge in [0.15, 0.2) is 5.54 Å². The topological polar surface area (TPSA) is 83.2 Å². The first kappa shape index (κ1) is 17.3. The molecule has 7 heteroatoms. The van der Waals surface area contributed by atoms with Crippen LogP contribution in [0, 0.1) is 0 Å². The van der Waals surface area contributed by atoms with Crippen molar-refractivity contribution >= 4 is 40.1 Å². The van der Waals surface area contributed by atoms with Gasteiger partial charge in [-0.15, -0.1) is 0 Å². The largest absolute Gasteiger partial charge is 0.465 e. The average Bonchev–Trinajstić information content (AvgIpc) is 3.19. The van der Waals surface area contributed by atoms with Gasteiger partial charge in [0.1, 0.15) is 6.04 Å². The summed E-state index contributed by atoms with van der Waals surface area (Å²) in [6.45, 7) is 2.05. The standard InChI is InChI=1S/C21H18ClN3O3/c1-2-28-19(26)17-10-13-12-5-3-4-6-15(12)23-18(13)21(25-17)14-9-11(22)7-8-16(14)24-20(21)27/h3-9,17,23,25H,2,10H2,1H3,(H,24,27)/t17-,21+/m1/s1. The Morgan fingerprint density at radius 2 is 2.11 bits per heavy atom. The van der Waals surface area contributed by atoms with Crippen LogP contribution in [0.2, 0.25) is 5.02 Å². The third kappa shape index (κ3) is 2.25. The van der Waals surface area contributed by atoms with Gasteiger partial charge in [0.05, 0.1) is 12.3 Å². The molecule has 1 aromatic heterocycles. The summed E-state index contributed by atoms with van der Waals surface area (Å²) < 4.78 is 5.27. The second-order valence-electron chi connectivity index (χ2n) is 7.07. The Morgan fingerprint density at radius 1 is 1.29 bits per heavy atom. The first-order chi connectivity index (χ1) is 13.5. The Labute approximate surface area is 166 Å². The van der Waals surface area contributed by atoms with Crippen LogP contribution in [0.3, 0.4) is 0 Å². The lowest BCUT2D eigenvalue weighted by Crippen LogP contribution is -2.59. The van der Waals surface area contributed by atoms with E-state index in [1.165, 1.54) is 0 Å². The molecule has 6 nitrogen and oxygen atoms in total. The molecule has 5 rings (SSSR count). The summed E-state index contributed by atoms with van der Waals surface area (Å²) >= 11 is 6.26. The monoisotopic (exact) mass is 395 g/mol. The molecule has 0 saturated heterocycles. The molecule has 3 N–H and O–H groups in total. The number of benzene rings is 2. The van der Waals surface area contributed by atoms with Crippen LogP contribution < -0.4 is 10.6 Å². The number of ether oxygens (including phenoxy) is 1. The number of fused-ring (bicyclic) bond motifs is 6. The molecule has 0 aliphatic carbocycles. The molecule has 28 heavy (non-hydrogen) atoms. The van der Waals surface area contributed by atoms with E-state index in [1.54, 1.807) is 25.1 Å². The number of anilines is 1. The number of carbonyl (C=O) groups is 2. The molecule has 3 aromatic rings. The van der Waals surface area contributed by atoms with E-state index in [0.29, 0.717) is 22.7 Å². The molecular weight excluding hydrogens is 378 g/mol. The Kier molecular flexibility index (Phi) is 3.76. The van der Waals surface area contributed by atoms with Gasteiger partial charge >= 0.3 is 5.97 Å². The first-order valence-electron chi connectivity index (χ1n) is 9.20. The summed E-state index contributed by atoms with van der Waals surface area (Å²) in [7, 11) is 0. The van der Waals surface area contributed by atoms with Crippen LogP contribution in [0.1, 0.15) is 23.7 Å². The van der Waals surface area contributed by atoms with Gasteiger partial charge in [-0.05, 0) is 36.8 Å². The Bertz CT molecular complexity index is 1140. The number of H-pyrrole nitrogens is 1. The minimum atomic E-state index is -1.23. The average molecular weight is 396 g/mol. The smallest absolute Gasteiger partial charge is 0.323 e. The van der Waals surface area contributed by atoms with Crippen molar-refractivity contribution in [3.63, 3.8) is 0 Å². The summed E-state index contributed by atoms with van der Waals surface area (Å²) in [6.07, 6.45) is 0.434. The molecule has 2 aliphatic heterocycles. The summed E-state index contributed by atoms with van der Waals surface area (Å²) in [5, 5.41) is 7.73. The van der Waals surface area contributed by atoms with E-state index in [2.05, 4.69) is 15.6 Å². The zero-order valence-corrected chi connectivity index (χ0v) is 15.9. The molecule has 2 atom stereocenters. The lowest BCUT2D eigenvalue weighted by Gasteiger charge is -2.37. The van der Waals surface area contributed by atoms with Crippen LogP contribution in [-0.4, -0.2) is 29.5 Å². The second-order valence-corrected chi connectivity index (χ2v) is 7.51. The predicted molar refractivity (Wildman–Crippen MR) is 106 cm³/mol. The highest BCUT2D eigenvalue weighted by Gasteiger charge is 2.55. The summed E-state index contributed by atoms with van der Waals surface area (Å²) in [4.78, 5) is 29.3. The summed E-state index contributed by atoms with van der Waals surface area (Å²) in [5.41, 5.74) is 2.75. The van der Waals surface area contributed by atoms with E-state index < -0.39 is 11.6 Å². The molecule has 2 aliphatic rings. The quantitative estimate of drug-likeness (QED) is 0.582. The molecule has 0 saturated carbocycles. The number of nitrogens with one attached hydrogen (secondary N) is 3. The maximum absolute atomic E-state index is 13.3. The van der Waals surface area contributed by atoms with Crippen LogP contribution >= 0.6 is 11.6 Å². The summed E-state index contributed by atoms with van der Waals surface area (Å²) in [5.74, 6) is -0.618. The van der Waals surface area contributed by atoms with Crippen LogP contribution in [0.15, 0.2) is 42.5 Å². The molecule has 3 heterocycles. The van der Waals surface area contributed by atoms with E-state index in [9.17, 15) is 9.59 Å². The Balaban J connectivity index is 1.80. The highest BCUT2D eigenvalue weighted by molar-refractivity contribution is 6.31. The molecular formula is C21H18ClN3O3. The van der Waals surface area contributed by atoms with Gasteiger partial charge in [-0.2, -0.15) is 0 Å². The third-order valence-electron chi connectivity index (χ3n) is 5.53. The fourth-order valence-electron chi connectivity index (χ4n) is 4.37. The molecule has 0 unspecified atom stereocenters. The molecule has 1 amide bonds. The van der Waals surface area contributed by atoms with Gasteiger partial charge in [-0.1, -0.05) is 29.8 Å². The third-order valence-corrected chi connectivity index (χ3v) is 5.77. The van der Waals surface area contributed by atoms with Crippen LogP contribution in [0.5, 0.6) is 0 Å². The van der Waals surface area contributed by atoms with Gasteiger partial charge < -0.3 is 15.0 Å². The van der Waals surface area contributed by atoms with Crippen molar-refractivity contribution in [2.75, 3.05) is 11.9 Å². The Hall–Kier alpha value is -2.83. The van der Waals surface area contributed by atoms with Gasteiger partial charge in [0.2, 0.25) is 0 Å². The van der Waals surface area contributed by atoms with Crippen molar-refractivity contribution in [3.05, 3.63) is 64.3 Å². The second kappa shape index (κ2) is 6.09. The molecule has 142 valence electrons. The van der Waals surface area contributed by atoms with Gasteiger partial charge in [0.25, 0.3) is 5.91 Å². The minimum Gasteiger partial charge on any atom is -0.465 e. The summed E-state index contributed by atoms with van der Waals surface area (Å²) in [6, 6.07) is 12.5. The van der Waals surface area contributed by atoms with Gasteiger partial charge in [-0.25, -0.2) is 0 Å². The number of esters is 1. The maximum atomic E-state index is 13.3. The molecule has 2 aromatic carbocycles. The zero-order valence-electron chi connectivity index (χ0n) is 15.1. The van der Waals surface area contributed by atoms with Crippen LogP contribution in [0.4, 0.5) is 5.69 Å². The molecule has 0 bridgehead atoms. The minimum absolute atomic E-state index is 0.244. The van der Waals surface area contributed by atoms with Crippen molar-refractivity contribution in [2.45, 2.75) is 24.9 Å². The lowest BCUT2D eigenvalue weighted by molar-refractivity contribution is -0.146. The Morgan fingerprint density at radius 3 is 2.93 bits per heavy atom. The van der Waals surface area contributed by atoms with E-state index in [0.717, 1.165) is 22.2 Å². The molecule has 0 radical (unpaired) electrons. The van der Waals surface area contributed by atoms with E-state index in [-0.39, 0.29) is 18.5 Å². The van der Waals surface area contributed by atoms with E-state index in [1.807, 2.05) is 24.3 Å². The zero-order chi connectivity index (χ0) is 19.5. The van der Waals surface area contributed by atoms with Gasteiger partial charge in [-0.3, -0.25) is 14.9 Å². The van der Waals surface area contributed by atoms with Crippen LogP contribution in [0.25, 0.3) is 10.9 Å². The number of carbonyl (C=O) groups excluding carboxylic acids is 2. The highest BCUT2D eigenvalue weighted by atomic mass is 35.5. The maximum Gasteiger partial charge on any atom is 0.323 e. The number of hydrogen-bond donors (Lipinski definition) is 3. The lowest BCUT2D eigenvalue weighted by atomic mass is 9.79. The van der Waals surface area contributed by atoms with Crippen molar-refractivity contribution < 1.29 is 14.3 Å². The van der Waals surface area contributed by atoms with Gasteiger partial charge in [0, 0.05) is 33.6 Å². The normalized spacial score (nSPS) is 22.8. The number of aromatic nitrogens is 1. The number of amides is 1. The van der Waals surface area contributed by atoms with Crippen LogP contribution in [-0.2, 0) is 26.3 Å². The van der Waals surface area contributed by atoms with Crippen molar-refractivity contribution in [1.29, 1.82) is 0 Å². The van der Waals surface area contributed by atoms with Crippen molar-refractivity contribution in [1.82, 2.24) is 10.3 Å². The predicted octanol–water partition coefficient (Wildman–Crippen LogP) is 3.09. The number of aromatic amines is 1. The SMILES string of the molecule is CCOC(=O)[C@H]1Cc2c([nH]c3ccccc23)[C@]2(N1)C(=O)Nc1ccc(Cl)cc12. The van der Waals surface area contributed by atoms with E-state index in [4.69, 9.17) is 16.3 Å². The highest BCUT2D eigenvalue weighted by Crippen LogP contribution is 2.47. The number of rotatable bonds is 2. The number of halogens is 1. The van der Waals surface area contributed by atoms with E-state index >= 15 is 0 Å². The fourth-order valence-corrected chi connectivity index (χ4v) is 4.54. The number of hydrogen-bond acceptors (Lipinski definition) is 4. The number of para-hydroxylation sites is 1.